The van der Waals surface area contributed by atoms with Gasteiger partial charge >= 0.3 is 0 Å². The van der Waals surface area contributed by atoms with Gasteiger partial charge in [0.05, 0.1) is 6.10 Å². The lowest BCUT2D eigenvalue weighted by Crippen LogP contribution is -2.52. The van der Waals surface area contributed by atoms with Crippen molar-refractivity contribution in [2.24, 2.45) is 0 Å². The lowest BCUT2D eigenvalue weighted by molar-refractivity contribution is 0.0711. The molecule has 1 aliphatic rings. The van der Waals surface area contributed by atoms with E-state index in [4.69, 9.17) is 0 Å². The predicted octanol–water partition coefficient (Wildman–Crippen LogP) is 0.898. The Labute approximate surface area is 62.6 Å². The van der Waals surface area contributed by atoms with Crippen molar-refractivity contribution in [3.63, 3.8) is 0 Å². The highest BCUT2D eigenvalue weighted by Gasteiger charge is 2.29. The van der Waals surface area contributed by atoms with E-state index in [1.54, 1.807) is 0 Å². The van der Waals surface area contributed by atoms with Crippen LogP contribution in [0.3, 0.4) is 0 Å². The minimum absolute atomic E-state index is 0.105. The summed E-state index contributed by atoms with van der Waals surface area (Å²) in [5.41, 5.74) is 0.122. The number of aliphatic hydroxyl groups excluding tert-OH is 1. The van der Waals surface area contributed by atoms with Gasteiger partial charge in [-0.3, -0.25) is 0 Å². The molecule has 2 N–H and O–H groups in total. The normalized spacial score (nSPS) is 39.6. The van der Waals surface area contributed by atoms with Gasteiger partial charge in [-0.05, 0) is 33.6 Å². The molecule has 1 aliphatic heterocycles. The summed E-state index contributed by atoms with van der Waals surface area (Å²) in [5, 5.41) is 12.8. The number of rotatable bonds is 0. The molecule has 0 saturated carbocycles. The molecule has 60 valence electrons. The van der Waals surface area contributed by atoms with Crippen molar-refractivity contribution >= 4 is 0 Å². The zero-order valence-corrected chi connectivity index (χ0v) is 7.02. The van der Waals surface area contributed by atoms with Gasteiger partial charge in [0.15, 0.2) is 0 Å². The van der Waals surface area contributed by atoms with Crippen LogP contribution in [-0.2, 0) is 0 Å². The second-order valence-electron chi connectivity index (χ2n) is 4.02. The molecule has 0 bridgehead atoms. The Morgan fingerprint density at radius 2 is 2.10 bits per heavy atom. The summed E-state index contributed by atoms with van der Waals surface area (Å²) in [5.74, 6) is 0. The van der Waals surface area contributed by atoms with Gasteiger partial charge in [0.2, 0.25) is 0 Å². The Bertz CT molecular complexity index is 110. The molecule has 1 fully saturated rings. The van der Waals surface area contributed by atoms with Crippen molar-refractivity contribution in [2.75, 3.05) is 0 Å². The lowest BCUT2D eigenvalue weighted by Gasteiger charge is -2.38. The highest BCUT2D eigenvalue weighted by molar-refractivity contribution is 4.89. The van der Waals surface area contributed by atoms with Crippen molar-refractivity contribution in [1.29, 1.82) is 0 Å². The van der Waals surface area contributed by atoms with E-state index in [-0.39, 0.29) is 11.6 Å². The smallest absolute Gasteiger partial charge is 0.0572 e. The number of hydrogen-bond donors (Lipinski definition) is 2. The third-order valence-electron chi connectivity index (χ3n) is 2.01. The molecule has 0 amide bonds. The van der Waals surface area contributed by atoms with Gasteiger partial charge in [0.25, 0.3) is 0 Å². The monoisotopic (exact) mass is 143 g/mol. The largest absolute Gasteiger partial charge is 0.393 e. The first-order chi connectivity index (χ1) is 4.49. The van der Waals surface area contributed by atoms with Crippen LogP contribution in [0.4, 0.5) is 0 Å². The molecule has 0 aromatic rings. The molecule has 1 rings (SSSR count). The van der Waals surface area contributed by atoms with Crippen LogP contribution >= 0.6 is 0 Å². The topological polar surface area (TPSA) is 32.3 Å². The van der Waals surface area contributed by atoms with E-state index >= 15 is 0 Å². The first kappa shape index (κ1) is 8.02. The van der Waals surface area contributed by atoms with Gasteiger partial charge in [-0.25, -0.2) is 0 Å². The molecular weight excluding hydrogens is 126 g/mol. The number of piperidine rings is 1. The zero-order valence-electron chi connectivity index (χ0n) is 7.02. The van der Waals surface area contributed by atoms with E-state index in [1.165, 1.54) is 0 Å². The summed E-state index contributed by atoms with van der Waals surface area (Å²) in [7, 11) is 0. The summed E-state index contributed by atoms with van der Waals surface area (Å²) in [4.78, 5) is 0. The molecule has 0 aromatic carbocycles. The van der Waals surface area contributed by atoms with Crippen molar-refractivity contribution in [2.45, 2.75) is 51.3 Å². The van der Waals surface area contributed by atoms with Crippen LogP contribution in [0.1, 0.15) is 33.6 Å². The summed E-state index contributed by atoms with van der Waals surface area (Å²) in [6, 6.07) is 0.457. The van der Waals surface area contributed by atoms with Gasteiger partial charge in [0.1, 0.15) is 0 Å². The molecule has 1 heterocycles. The quantitative estimate of drug-likeness (QED) is 0.528. The summed E-state index contributed by atoms with van der Waals surface area (Å²) >= 11 is 0. The fourth-order valence-corrected chi connectivity index (χ4v) is 1.87. The SMILES string of the molecule is C[C@H]1C[C@@H](O)CC(C)(C)N1. The summed E-state index contributed by atoms with van der Waals surface area (Å²) < 4.78 is 0. The zero-order chi connectivity index (χ0) is 7.78. The van der Waals surface area contributed by atoms with Crippen molar-refractivity contribution < 1.29 is 5.11 Å². The molecule has 1 saturated heterocycles. The van der Waals surface area contributed by atoms with Crippen LogP contribution in [0.25, 0.3) is 0 Å². The maximum atomic E-state index is 9.38. The fourth-order valence-electron chi connectivity index (χ4n) is 1.87. The lowest BCUT2D eigenvalue weighted by atomic mass is 9.88. The fraction of sp³-hybridized carbons (Fsp3) is 1.00. The van der Waals surface area contributed by atoms with Crippen molar-refractivity contribution in [3.8, 4) is 0 Å². The van der Waals surface area contributed by atoms with E-state index in [2.05, 4.69) is 26.1 Å². The van der Waals surface area contributed by atoms with Crippen LogP contribution in [0, 0.1) is 0 Å². The Kier molecular flexibility index (Phi) is 2.02. The Hall–Kier alpha value is -0.0800. The molecule has 0 unspecified atom stereocenters. The van der Waals surface area contributed by atoms with E-state index in [0.717, 1.165) is 12.8 Å². The average molecular weight is 143 g/mol. The molecule has 2 atom stereocenters. The Balaban J connectivity index is 2.51. The van der Waals surface area contributed by atoms with Crippen molar-refractivity contribution in [3.05, 3.63) is 0 Å². The van der Waals surface area contributed by atoms with Crippen LogP contribution in [-0.4, -0.2) is 22.8 Å². The molecule has 0 aliphatic carbocycles. The van der Waals surface area contributed by atoms with E-state index in [9.17, 15) is 5.11 Å². The van der Waals surface area contributed by atoms with Gasteiger partial charge in [0, 0.05) is 11.6 Å². The molecule has 0 radical (unpaired) electrons. The van der Waals surface area contributed by atoms with Crippen LogP contribution in [0.2, 0.25) is 0 Å². The van der Waals surface area contributed by atoms with Gasteiger partial charge in [-0.15, -0.1) is 0 Å². The highest BCUT2D eigenvalue weighted by Crippen LogP contribution is 2.21. The van der Waals surface area contributed by atoms with Crippen LogP contribution in [0.15, 0.2) is 0 Å². The van der Waals surface area contributed by atoms with E-state index in [1.807, 2.05) is 0 Å². The molecule has 0 aromatic heterocycles. The maximum absolute atomic E-state index is 9.38. The molecule has 2 nitrogen and oxygen atoms in total. The first-order valence-corrected chi connectivity index (χ1v) is 3.95. The number of hydrogen-bond acceptors (Lipinski definition) is 2. The van der Waals surface area contributed by atoms with Crippen LogP contribution < -0.4 is 5.32 Å². The summed E-state index contributed by atoms with van der Waals surface area (Å²) in [6.45, 7) is 6.38. The number of nitrogens with one attached hydrogen (secondary N) is 1. The molecular formula is C8H17NO. The first-order valence-electron chi connectivity index (χ1n) is 3.95. The molecule has 10 heavy (non-hydrogen) atoms. The molecule has 2 heteroatoms. The van der Waals surface area contributed by atoms with Crippen molar-refractivity contribution in [1.82, 2.24) is 5.32 Å². The number of aliphatic hydroxyl groups is 1. The van der Waals surface area contributed by atoms with E-state index < -0.39 is 0 Å². The third kappa shape index (κ3) is 1.96. The van der Waals surface area contributed by atoms with Gasteiger partial charge in [-0.1, -0.05) is 0 Å². The van der Waals surface area contributed by atoms with Gasteiger partial charge < -0.3 is 10.4 Å². The predicted molar refractivity (Wildman–Crippen MR) is 41.9 cm³/mol. The van der Waals surface area contributed by atoms with Gasteiger partial charge in [-0.2, -0.15) is 0 Å². The highest BCUT2D eigenvalue weighted by atomic mass is 16.3. The summed E-state index contributed by atoms with van der Waals surface area (Å²) in [6.07, 6.45) is 1.66. The van der Waals surface area contributed by atoms with Crippen LogP contribution in [0.5, 0.6) is 0 Å². The molecule has 0 spiro atoms. The van der Waals surface area contributed by atoms with E-state index in [0.29, 0.717) is 6.04 Å². The average Bonchev–Trinajstić information content (AvgIpc) is 1.54. The second kappa shape index (κ2) is 2.51. The second-order valence-corrected chi connectivity index (χ2v) is 4.02. The Morgan fingerprint density at radius 1 is 1.50 bits per heavy atom. The minimum atomic E-state index is -0.105. The standard InChI is InChI=1S/C8H17NO/c1-6-4-7(10)5-8(2,3)9-6/h6-7,9-10H,4-5H2,1-3H3/t6-,7+/m0/s1. The third-order valence-corrected chi connectivity index (χ3v) is 2.01. The maximum Gasteiger partial charge on any atom is 0.0572 e. The Morgan fingerprint density at radius 3 is 2.50 bits per heavy atom. The minimum Gasteiger partial charge on any atom is -0.393 e.